The van der Waals surface area contributed by atoms with Crippen LogP contribution in [0.15, 0.2) is 24.3 Å². The summed E-state index contributed by atoms with van der Waals surface area (Å²) in [5.41, 5.74) is 0.863. The predicted octanol–water partition coefficient (Wildman–Crippen LogP) is 0.719. The Hall–Kier alpha value is -2.21. The molecule has 0 radical (unpaired) electrons. The minimum atomic E-state index is -1.14. The van der Waals surface area contributed by atoms with Crippen LogP contribution in [0.1, 0.15) is 27.6 Å². The monoisotopic (exact) mass is 265 g/mol. The number of carboxylic acid groups (broad SMARTS) is 1. The van der Waals surface area contributed by atoms with Crippen LogP contribution in [-0.2, 0) is 9.53 Å². The average Bonchev–Trinajstić information content (AvgIpc) is 2.38. The molecular formula is C13H15NO5. The number of hydrogen-bond acceptors (Lipinski definition) is 4. The molecule has 0 saturated carbocycles. The second kappa shape index (κ2) is 6.65. The molecule has 102 valence electrons. The van der Waals surface area contributed by atoms with Gasteiger partial charge in [0, 0.05) is 18.2 Å². The number of ether oxygens (including phenoxy) is 1. The smallest absolute Gasteiger partial charge is 0.334 e. The van der Waals surface area contributed by atoms with Gasteiger partial charge in [0.25, 0.3) is 5.91 Å². The highest BCUT2D eigenvalue weighted by molar-refractivity contribution is 5.97. The molecule has 2 N–H and O–H groups in total. The maximum atomic E-state index is 11.7. The van der Waals surface area contributed by atoms with E-state index in [0.717, 1.165) is 0 Å². The summed E-state index contributed by atoms with van der Waals surface area (Å²) in [4.78, 5) is 33.5. The van der Waals surface area contributed by atoms with Gasteiger partial charge in [-0.1, -0.05) is 12.1 Å². The third-order valence-electron chi connectivity index (χ3n) is 2.56. The van der Waals surface area contributed by atoms with Gasteiger partial charge in [0.2, 0.25) is 0 Å². The van der Waals surface area contributed by atoms with Crippen molar-refractivity contribution in [3.05, 3.63) is 35.4 Å². The Morgan fingerprint density at radius 3 is 2.16 bits per heavy atom. The van der Waals surface area contributed by atoms with E-state index in [0.29, 0.717) is 11.1 Å². The van der Waals surface area contributed by atoms with Crippen molar-refractivity contribution < 1.29 is 24.2 Å². The summed E-state index contributed by atoms with van der Waals surface area (Å²) in [5.74, 6) is -1.65. The van der Waals surface area contributed by atoms with Crippen LogP contribution in [0.4, 0.5) is 0 Å². The quantitative estimate of drug-likeness (QED) is 0.739. The number of benzene rings is 1. The summed E-state index contributed by atoms with van der Waals surface area (Å²) in [5, 5.41) is 11.2. The van der Waals surface area contributed by atoms with E-state index in [-0.39, 0.29) is 12.3 Å². The Kier molecular flexibility index (Phi) is 5.20. The summed E-state index contributed by atoms with van der Waals surface area (Å²) in [7, 11) is 1.26. The molecule has 6 nitrogen and oxygen atoms in total. The summed E-state index contributed by atoms with van der Waals surface area (Å²) in [6.07, 6.45) is -1.08. The van der Waals surface area contributed by atoms with Gasteiger partial charge in [0.15, 0.2) is 11.9 Å². The molecule has 1 aromatic rings. The fourth-order valence-corrected chi connectivity index (χ4v) is 1.42. The van der Waals surface area contributed by atoms with Crippen LogP contribution in [0.5, 0.6) is 0 Å². The lowest BCUT2D eigenvalue weighted by Gasteiger charge is -2.11. The number of carbonyl (C=O) groups excluding carboxylic acids is 2. The van der Waals surface area contributed by atoms with E-state index in [1.807, 2.05) is 0 Å². The number of carbonyl (C=O) groups is 3. The van der Waals surface area contributed by atoms with Crippen molar-refractivity contribution >= 4 is 17.7 Å². The topological polar surface area (TPSA) is 92.7 Å². The van der Waals surface area contributed by atoms with Gasteiger partial charge in [-0.15, -0.1) is 0 Å². The molecule has 1 aromatic carbocycles. The lowest BCUT2D eigenvalue weighted by Crippen LogP contribution is -2.37. The summed E-state index contributed by atoms with van der Waals surface area (Å²) < 4.78 is 4.69. The maximum Gasteiger partial charge on any atom is 0.334 e. The van der Waals surface area contributed by atoms with E-state index in [1.165, 1.54) is 26.2 Å². The van der Waals surface area contributed by atoms with Crippen LogP contribution >= 0.6 is 0 Å². The molecule has 0 saturated heterocycles. The molecule has 0 heterocycles. The zero-order chi connectivity index (χ0) is 14.4. The highest BCUT2D eigenvalue weighted by Gasteiger charge is 2.17. The van der Waals surface area contributed by atoms with Gasteiger partial charge in [-0.2, -0.15) is 0 Å². The number of nitrogens with one attached hydrogen (secondary N) is 1. The van der Waals surface area contributed by atoms with E-state index in [9.17, 15) is 14.4 Å². The zero-order valence-corrected chi connectivity index (χ0v) is 10.7. The van der Waals surface area contributed by atoms with Crippen LogP contribution < -0.4 is 5.32 Å². The lowest BCUT2D eigenvalue weighted by molar-refractivity contribution is -0.148. The molecule has 0 bridgehead atoms. The fraction of sp³-hybridized carbons (Fsp3) is 0.308. The Balaban J connectivity index is 2.63. The Morgan fingerprint density at radius 1 is 1.21 bits per heavy atom. The average molecular weight is 265 g/mol. The first-order chi connectivity index (χ1) is 8.95. The first-order valence-electron chi connectivity index (χ1n) is 5.60. The SMILES string of the molecule is COC(CNC(=O)c1ccc(C(C)=O)cc1)C(=O)O. The second-order valence-corrected chi connectivity index (χ2v) is 3.91. The van der Waals surface area contributed by atoms with Gasteiger partial charge in [0.1, 0.15) is 0 Å². The van der Waals surface area contributed by atoms with Crippen LogP contribution in [-0.4, -0.2) is 42.5 Å². The number of aliphatic carboxylic acids is 1. The predicted molar refractivity (Wildman–Crippen MR) is 67.2 cm³/mol. The molecule has 0 aliphatic heterocycles. The van der Waals surface area contributed by atoms with Crippen molar-refractivity contribution in [1.29, 1.82) is 0 Å². The number of hydrogen-bond donors (Lipinski definition) is 2. The van der Waals surface area contributed by atoms with Crippen molar-refractivity contribution in [3.63, 3.8) is 0 Å². The second-order valence-electron chi connectivity index (χ2n) is 3.91. The molecule has 1 rings (SSSR count). The number of rotatable bonds is 6. The molecule has 6 heteroatoms. The van der Waals surface area contributed by atoms with Crippen molar-refractivity contribution in [2.45, 2.75) is 13.0 Å². The molecular weight excluding hydrogens is 250 g/mol. The molecule has 0 aromatic heterocycles. The molecule has 0 aliphatic rings. The minimum absolute atomic E-state index is 0.0858. The van der Waals surface area contributed by atoms with Crippen LogP contribution in [0.2, 0.25) is 0 Å². The normalized spacial score (nSPS) is 11.7. The van der Waals surface area contributed by atoms with E-state index < -0.39 is 18.0 Å². The minimum Gasteiger partial charge on any atom is -0.479 e. The number of amides is 1. The Morgan fingerprint density at radius 2 is 1.74 bits per heavy atom. The van der Waals surface area contributed by atoms with Crippen molar-refractivity contribution in [2.24, 2.45) is 0 Å². The van der Waals surface area contributed by atoms with Crippen LogP contribution in [0, 0.1) is 0 Å². The lowest BCUT2D eigenvalue weighted by atomic mass is 10.1. The van der Waals surface area contributed by atoms with Gasteiger partial charge in [-0.25, -0.2) is 4.79 Å². The summed E-state index contributed by atoms with van der Waals surface area (Å²) >= 11 is 0. The number of carboxylic acids is 1. The zero-order valence-electron chi connectivity index (χ0n) is 10.7. The standard InChI is InChI=1S/C13H15NO5/c1-8(15)9-3-5-10(6-4-9)12(16)14-7-11(19-2)13(17)18/h3-6,11H,7H2,1-2H3,(H,14,16)(H,17,18). The van der Waals surface area contributed by atoms with Crippen molar-refractivity contribution in [1.82, 2.24) is 5.32 Å². The van der Waals surface area contributed by atoms with E-state index in [4.69, 9.17) is 5.11 Å². The van der Waals surface area contributed by atoms with Crippen molar-refractivity contribution in [2.75, 3.05) is 13.7 Å². The Bertz CT molecular complexity index is 480. The van der Waals surface area contributed by atoms with Crippen LogP contribution in [0.25, 0.3) is 0 Å². The number of Topliss-reactive ketones (excluding diaryl/α,β-unsaturated/α-hetero) is 1. The van der Waals surface area contributed by atoms with Gasteiger partial charge in [-0.05, 0) is 19.1 Å². The largest absolute Gasteiger partial charge is 0.479 e. The van der Waals surface area contributed by atoms with Gasteiger partial charge >= 0.3 is 5.97 Å². The Labute approximate surface area is 110 Å². The molecule has 1 amide bonds. The highest BCUT2D eigenvalue weighted by atomic mass is 16.5. The first kappa shape index (κ1) is 14.8. The number of ketones is 1. The molecule has 0 aliphatic carbocycles. The van der Waals surface area contributed by atoms with Gasteiger partial charge in [0.05, 0.1) is 6.54 Å². The molecule has 1 atom stereocenters. The fourth-order valence-electron chi connectivity index (χ4n) is 1.42. The molecule has 0 spiro atoms. The number of methoxy groups -OCH3 is 1. The van der Waals surface area contributed by atoms with Gasteiger partial charge < -0.3 is 15.2 Å². The molecule has 1 unspecified atom stereocenters. The molecule has 19 heavy (non-hydrogen) atoms. The van der Waals surface area contributed by atoms with E-state index in [1.54, 1.807) is 12.1 Å². The third kappa shape index (κ3) is 4.18. The molecule has 0 fully saturated rings. The van der Waals surface area contributed by atoms with Crippen LogP contribution in [0.3, 0.4) is 0 Å². The highest BCUT2D eigenvalue weighted by Crippen LogP contribution is 2.05. The first-order valence-corrected chi connectivity index (χ1v) is 5.60. The van der Waals surface area contributed by atoms with Gasteiger partial charge in [-0.3, -0.25) is 9.59 Å². The van der Waals surface area contributed by atoms with Crippen molar-refractivity contribution in [3.8, 4) is 0 Å². The summed E-state index contributed by atoms with van der Waals surface area (Å²) in [6.45, 7) is 1.31. The maximum absolute atomic E-state index is 11.7. The van der Waals surface area contributed by atoms with E-state index >= 15 is 0 Å². The third-order valence-corrected chi connectivity index (χ3v) is 2.56. The van der Waals surface area contributed by atoms with E-state index in [2.05, 4.69) is 10.1 Å². The summed E-state index contributed by atoms with van der Waals surface area (Å²) in [6, 6.07) is 6.10.